The van der Waals surface area contributed by atoms with Gasteiger partial charge in [-0.3, -0.25) is 0 Å². The lowest BCUT2D eigenvalue weighted by Gasteiger charge is -2.24. The maximum atomic E-state index is 6.55. The second-order valence-electron chi connectivity index (χ2n) is 12.2. The quantitative estimate of drug-likeness (QED) is 0.292. The van der Waals surface area contributed by atoms with Crippen LogP contribution in [0.4, 0.5) is 0 Å². The SMILES string of the molecule is CN(C)Cc1cc(CN(C)C)c(O[Si]Oc2c(CN(C)C)cc(CN(C)C)cc2CN(C)C)c(CN(C)C)c1. The average molecular weight is 557 g/mol. The normalized spacial score (nSPS) is 12.2. The second-order valence-corrected chi connectivity index (χ2v) is 12.8. The van der Waals surface area contributed by atoms with E-state index in [-0.39, 0.29) is 10.0 Å². The Labute approximate surface area is 241 Å². The zero-order valence-electron chi connectivity index (χ0n) is 26.6. The average Bonchev–Trinajstić information content (AvgIpc) is 2.74. The number of hydrogen-bond donors (Lipinski definition) is 0. The predicted molar refractivity (Wildman–Crippen MR) is 164 cm³/mol. The zero-order valence-corrected chi connectivity index (χ0v) is 27.6. The Morgan fingerprint density at radius 3 is 0.846 bits per heavy atom. The Morgan fingerprint density at radius 1 is 0.410 bits per heavy atom. The molecule has 8 nitrogen and oxygen atoms in total. The van der Waals surface area contributed by atoms with E-state index >= 15 is 0 Å². The molecule has 0 atom stereocenters. The van der Waals surface area contributed by atoms with Gasteiger partial charge < -0.3 is 38.3 Å². The molecule has 2 radical (unpaired) electrons. The first-order valence-corrected chi connectivity index (χ1v) is 14.3. The first-order chi connectivity index (χ1) is 18.2. The number of rotatable bonds is 16. The van der Waals surface area contributed by atoms with Crippen LogP contribution in [0.3, 0.4) is 0 Å². The third-order valence-electron chi connectivity index (χ3n) is 5.84. The van der Waals surface area contributed by atoms with Gasteiger partial charge in [0.15, 0.2) is 0 Å². The van der Waals surface area contributed by atoms with Crippen molar-refractivity contribution in [3.63, 3.8) is 0 Å². The number of hydrogen-bond acceptors (Lipinski definition) is 8. The van der Waals surface area contributed by atoms with Crippen LogP contribution in [-0.2, 0) is 39.3 Å². The van der Waals surface area contributed by atoms with Crippen LogP contribution < -0.4 is 8.85 Å². The molecule has 0 aromatic heterocycles. The molecule has 0 N–H and O–H groups in total. The topological polar surface area (TPSA) is 37.9 Å². The summed E-state index contributed by atoms with van der Waals surface area (Å²) in [7, 11) is 25.1. The van der Waals surface area contributed by atoms with E-state index in [1.165, 1.54) is 33.4 Å². The largest absolute Gasteiger partial charge is 0.610 e. The highest BCUT2D eigenvalue weighted by molar-refractivity contribution is 6.21. The van der Waals surface area contributed by atoms with Gasteiger partial charge in [-0.25, -0.2) is 0 Å². The lowest BCUT2D eigenvalue weighted by molar-refractivity contribution is 0.362. The molecule has 0 bridgehead atoms. The van der Waals surface area contributed by atoms with Crippen molar-refractivity contribution in [3.05, 3.63) is 57.6 Å². The third kappa shape index (κ3) is 11.6. The van der Waals surface area contributed by atoms with Crippen molar-refractivity contribution in [2.75, 3.05) is 84.6 Å². The molecule has 2 rings (SSSR count). The van der Waals surface area contributed by atoms with Crippen LogP contribution in [0, 0.1) is 0 Å². The molecule has 2 aromatic carbocycles. The molecule has 0 spiro atoms. The summed E-state index contributed by atoms with van der Waals surface area (Å²) in [5.74, 6) is 1.87. The highest BCUT2D eigenvalue weighted by Gasteiger charge is 2.19. The van der Waals surface area contributed by atoms with Crippen molar-refractivity contribution in [1.29, 1.82) is 0 Å². The molecule has 0 aliphatic carbocycles. The predicted octanol–water partition coefficient (Wildman–Crippen LogP) is 3.05. The Kier molecular flexibility index (Phi) is 13.4. The third-order valence-corrected chi connectivity index (χ3v) is 6.41. The molecular formula is C30H52N6O2Si. The van der Waals surface area contributed by atoms with Crippen molar-refractivity contribution in [2.24, 2.45) is 0 Å². The minimum atomic E-state index is -0.150. The lowest BCUT2D eigenvalue weighted by atomic mass is 10.0. The number of benzene rings is 2. The fraction of sp³-hybridized carbons (Fsp3) is 0.600. The fourth-order valence-electron chi connectivity index (χ4n) is 4.76. The van der Waals surface area contributed by atoms with E-state index in [4.69, 9.17) is 8.85 Å². The van der Waals surface area contributed by atoms with Crippen molar-refractivity contribution < 1.29 is 8.85 Å². The Bertz CT molecular complexity index is 897. The zero-order chi connectivity index (χ0) is 29.3. The van der Waals surface area contributed by atoms with Crippen molar-refractivity contribution in [3.8, 4) is 11.5 Å². The van der Waals surface area contributed by atoms with Crippen LogP contribution in [0.25, 0.3) is 0 Å². The van der Waals surface area contributed by atoms with Crippen molar-refractivity contribution in [2.45, 2.75) is 39.3 Å². The summed E-state index contributed by atoms with van der Waals surface area (Å²) in [4.78, 5) is 13.2. The van der Waals surface area contributed by atoms with Crippen LogP contribution >= 0.6 is 0 Å². The van der Waals surface area contributed by atoms with Crippen molar-refractivity contribution in [1.82, 2.24) is 29.4 Å². The van der Waals surface area contributed by atoms with E-state index < -0.39 is 0 Å². The van der Waals surface area contributed by atoms with Crippen LogP contribution in [0.1, 0.15) is 33.4 Å². The van der Waals surface area contributed by atoms with Gasteiger partial charge in [-0.1, -0.05) is 0 Å². The molecule has 0 amide bonds. The maximum Gasteiger partial charge on any atom is 0.610 e. The summed E-state index contributed by atoms with van der Waals surface area (Å²) in [5.41, 5.74) is 7.35. The summed E-state index contributed by atoms with van der Waals surface area (Å²) < 4.78 is 13.1. The smallest absolute Gasteiger partial charge is 0.507 e. The van der Waals surface area contributed by atoms with E-state index in [0.717, 1.165) is 50.8 Å². The Morgan fingerprint density at radius 2 is 0.641 bits per heavy atom. The molecular weight excluding hydrogens is 504 g/mol. The molecule has 0 fully saturated rings. The van der Waals surface area contributed by atoms with Gasteiger partial charge in [0.1, 0.15) is 11.5 Å². The molecule has 2 aromatic rings. The van der Waals surface area contributed by atoms with E-state index in [0.29, 0.717) is 0 Å². The monoisotopic (exact) mass is 556 g/mol. The molecule has 39 heavy (non-hydrogen) atoms. The van der Waals surface area contributed by atoms with Crippen LogP contribution in [0.15, 0.2) is 24.3 Å². The minimum Gasteiger partial charge on any atom is -0.507 e. The molecule has 0 saturated heterocycles. The van der Waals surface area contributed by atoms with Gasteiger partial charge in [0.2, 0.25) is 0 Å². The number of nitrogens with zero attached hydrogens (tertiary/aromatic N) is 6. The summed E-state index contributed by atoms with van der Waals surface area (Å²) in [5, 5.41) is 0. The summed E-state index contributed by atoms with van der Waals surface area (Å²) in [6.45, 7) is 5.00. The molecule has 0 heterocycles. The molecule has 0 unspecified atom stereocenters. The molecule has 0 saturated carbocycles. The standard InChI is InChI=1S/C30H52N6O2Si/c1-31(2)17-23-13-25(19-33(5)6)29(26(14-23)20-34(7)8)37-39-38-30-27(21-35(9)10)15-24(18-32(3)4)16-28(30)22-36(11)12/h13-16H,17-22H2,1-12H3. The van der Waals surface area contributed by atoms with Gasteiger partial charge in [0.05, 0.1) is 0 Å². The van der Waals surface area contributed by atoms with Gasteiger partial charge >= 0.3 is 10.0 Å². The first kappa shape index (κ1) is 33.2. The van der Waals surface area contributed by atoms with Gasteiger partial charge in [-0.15, -0.1) is 0 Å². The minimum absolute atomic E-state index is 0.150. The molecule has 9 heteroatoms. The van der Waals surface area contributed by atoms with Crippen LogP contribution in [0.2, 0.25) is 0 Å². The van der Waals surface area contributed by atoms with Crippen LogP contribution in [-0.4, -0.2) is 124 Å². The van der Waals surface area contributed by atoms with E-state index in [2.05, 4.69) is 138 Å². The van der Waals surface area contributed by atoms with Gasteiger partial charge in [0.25, 0.3) is 0 Å². The maximum absolute atomic E-state index is 6.55. The molecule has 0 aliphatic rings. The summed E-state index contributed by atoms with van der Waals surface area (Å²) in [6.07, 6.45) is 0. The van der Waals surface area contributed by atoms with Crippen molar-refractivity contribution >= 4 is 10.0 Å². The van der Waals surface area contributed by atoms with Gasteiger partial charge in [-0.2, -0.15) is 0 Å². The highest BCUT2D eigenvalue weighted by Crippen LogP contribution is 2.31. The van der Waals surface area contributed by atoms with E-state index in [1.807, 2.05) is 0 Å². The second kappa shape index (κ2) is 15.7. The Hall–Kier alpha value is -1.98. The van der Waals surface area contributed by atoms with E-state index in [1.54, 1.807) is 0 Å². The summed E-state index contributed by atoms with van der Waals surface area (Å²) >= 11 is 0. The summed E-state index contributed by atoms with van der Waals surface area (Å²) in [6, 6.07) is 9.13. The molecule has 0 aliphatic heterocycles. The Balaban J connectivity index is 2.47. The fourth-order valence-corrected chi connectivity index (χ4v) is 5.50. The van der Waals surface area contributed by atoms with Crippen LogP contribution in [0.5, 0.6) is 11.5 Å². The van der Waals surface area contributed by atoms with Gasteiger partial charge in [0, 0.05) is 61.5 Å². The highest BCUT2D eigenvalue weighted by atomic mass is 28.3. The first-order valence-electron chi connectivity index (χ1n) is 13.5. The lowest BCUT2D eigenvalue weighted by Crippen LogP contribution is -2.22. The van der Waals surface area contributed by atoms with E-state index in [9.17, 15) is 0 Å². The van der Waals surface area contributed by atoms with Gasteiger partial charge in [-0.05, 0) is 120 Å². The molecule has 218 valence electrons.